The number of hydrogen-bond acceptors (Lipinski definition) is 5. The van der Waals surface area contributed by atoms with Crippen LogP contribution in [0.5, 0.6) is 5.75 Å². The van der Waals surface area contributed by atoms with E-state index in [1.165, 1.54) is 6.20 Å². The number of fused-ring (bicyclic) bond motifs is 2. The van der Waals surface area contributed by atoms with Gasteiger partial charge in [-0.25, -0.2) is 8.42 Å². The normalized spacial score (nSPS) is 23.4. The van der Waals surface area contributed by atoms with Gasteiger partial charge in [-0.2, -0.15) is 9.40 Å². The standard InChI is InChI=1S/C23H32N4O4S/c1-3-26-17-18(16-24-26)32(29,30)27-15-9-8-14-25(2)23(28)19-10-4-6-12-21(19)31-22-13-7-5-11-20(22)27/h4,6,10,12,16-17,20,22H,3,5,7-9,11,13-15H2,1-2H3/t20-,22+/m1/s1. The average molecular weight is 461 g/mol. The van der Waals surface area contributed by atoms with E-state index in [4.69, 9.17) is 4.74 Å². The molecule has 1 saturated carbocycles. The topological polar surface area (TPSA) is 84.7 Å². The van der Waals surface area contributed by atoms with E-state index in [0.717, 1.165) is 32.1 Å². The van der Waals surface area contributed by atoms with Gasteiger partial charge in [-0.3, -0.25) is 9.48 Å². The van der Waals surface area contributed by atoms with E-state index in [1.807, 2.05) is 25.1 Å². The smallest absolute Gasteiger partial charge is 0.257 e. The van der Waals surface area contributed by atoms with Gasteiger partial charge in [-0.05, 0) is 51.2 Å². The number of amides is 1. The third-order valence-corrected chi connectivity index (χ3v) is 8.32. The van der Waals surface area contributed by atoms with E-state index < -0.39 is 10.0 Å². The van der Waals surface area contributed by atoms with E-state index in [2.05, 4.69) is 5.10 Å². The largest absolute Gasteiger partial charge is 0.488 e. The van der Waals surface area contributed by atoms with Crippen molar-refractivity contribution in [3.63, 3.8) is 0 Å². The molecule has 0 spiro atoms. The van der Waals surface area contributed by atoms with E-state index in [9.17, 15) is 13.2 Å². The Morgan fingerprint density at radius 1 is 1.09 bits per heavy atom. The molecule has 0 saturated heterocycles. The van der Waals surface area contributed by atoms with Gasteiger partial charge in [-0.15, -0.1) is 0 Å². The highest BCUT2D eigenvalue weighted by Gasteiger charge is 2.39. The number of carbonyl (C=O) groups is 1. The first-order chi connectivity index (χ1) is 15.4. The summed E-state index contributed by atoms with van der Waals surface area (Å²) in [4.78, 5) is 14.9. The van der Waals surface area contributed by atoms with Crippen LogP contribution in [-0.2, 0) is 16.6 Å². The van der Waals surface area contributed by atoms with Crippen molar-refractivity contribution >= 4 is 15.9 Å². The van der Waals surface area contributed by atoms with Crippen molar-refractivity contribution in [3.05, 3.63) is 42.2 Å². The van der Waals surface area contributed by atoms with Crippen LogP contribution in [0, 0.1) is 0 Å². The zero-order chi connectivity index (χ0) is 22.7. The molecule has 1 aromatic carbocycles. The van der Waals surface area contributed by atoms with Crippen molar-refractivity contribution in [2.45, 2.75) is 69.0 Å². The lowest BCUT2D eigenvalue weighted by molar-refractivity contribution is 0.0658. The van der Waals surface area contributed by atoms with Crippen LogP contribution >= 0.6 is 0 Å². The number of rotatable bonds is 3. The monoisotopic (exact) mass is 460 g/mol. The summed E-state index contributed by atoms with van der Waals surface area (Å²) in [6, 6.07) is 7.00. The second-order valence-electron chi connectivity index (χ2n) is 8.59. The predicted octanol–water partition coefficient (Wildman–Crippen LogP) is 3.15. The molecule has 0 radical (unpaired) electrons. The molecule has 1 amide bonds. The molecular formula is C23H32N4O4S. The van der Waals surface area contributed by atoms with Crippen LogP contribution in [-0.4, -0.2) is 65.6 Å². The molecule has 32 heavy (non-hydrogen) atoms. The SMILES string of the molecule is CCn1cc(S(=O)(=O)N2CCCCN(C)C(=O)c3ccccc3O[C@H]3CCCC[C@H]32)cn1. The molecule has 2 heterocycles. The summed E-state index contributed by atoms with van der Waals surface area (Å²) in [5.41, 5.74) is 0.526. The van der Waals surface area contributed by atoms with Gasteiger partial charge in [0.1, 0.15) is 16.7 Å². The molecule has 4 rings (SSSR count). The number of hydrogen-bond donors (Lipinski definition) is 0. The summed E-state index contributed by atoms with van der Waals surface area (Å²) in [5, 5.41) is 4.19. The number of sulfonamides is 1. The molecule has 1 aromatic heterocycles. The average Bonchev–Trinajstić information content (AvgIpc) is 3.29. The fourth-order valence-corrected chi connectivity index (χ4v) is 6.30. The minimum Gasteiger partial charge on any atom is -0.488 e. The number of nitrogens with zero attached hydrogens (tertiary/aromatic N) is 4. The van der Waals surface area contributed by atoms with Crippen LogP contribution in [0.1, 0.15) is 55.8 Å². The van der Waals surface area contributed by atoms with Crippen molar-refractivity contribution in [1.82, 2.24) is 19.0 Å². The molecule has 8 nitrogen and oxygen atoms in total. The van der Waals surface area contributed by atoms with Crippen LogP contribution in [0.15, 0.2) is 41.6 Å². The lowest BCUT2D eigenvalue weighted by Crippen LogP contribution is -2.51. The van der Waals surface area contributed by atoms with Crippen molar-refractivity contribution in [2.24, 2.45) is 0 Å². The van der Waals surface area contributed by atoms with Gasteiger partial charge in [0.25, 0.3) is 5.91 Å². The Bertz CT molecular complexity index is 1050. The van der Waals surface area contributed by atoms with Gasteiger partial charge in [0, 0.05) is 32.9 Å². The molecule has 2 atom stereocenters. The lowest BCUT2D eigenvalue weighted by atomic mass is 9.92. The predicted molar refractivity (Wildman–Crippen MR) is 121 cm³/mol. The number of aromatic nitrogens is 2. The van der Waals surface area contributed by atoms with Crippen molar-refractivity contribution in [1.29, 1.82) is 0 Å². The third kappa shape index (κ3) is 4.54. The molecule has 0 bridgehead atoms. The Labute approximate surface area is 190 Å². The molecule has 2 aliphatic rings. The summed E-state index contributed by atoms with van der Waals surface area (Å²) in [6.45, 7) is 3.50. The maximum Gasteiger partial charge on any atom is 0.257 e. The highest BCUT2D eigenvalue weighted by Crippen LogP contribution is 2.33. The summed E-state index contributed by atoms with van der Waals surface area (Å²) >= 11 is 0. The van der Waals surface area contributed by atoms with Crippen molar-refractivity contribution < 1.29 is 17.9 Å². The molecule has 174 valence electrons. The maximum atomic E-state index is 13.7. The molecule has 1 aliphatic heterocycles. The highest BCUT2D eigenvalue weighted by atomic mass is 32.2. The minimum atomic E-state index is -3.72. The Balaban J connectivity index is 1.73. The van der Waals surface area contributed by atoms with Crippen LogP contribution in [0.25, 0.3) is 0 Å². The first-order valence-electron chi connectivity index (χ1n) is 11.5. The molecule has 1 fully saturated rings. The van der Waals surface area contributed by atoms with E-state index in [1.54, 1.807) is 33.2 Å². The summed E-state index contributed by atoms with van der Waals surface area (Å²) in [7, 11) is -1.94. The number of para-hydroxylation sites is 1. The fraction of sp³-hybridized carbons (Fsp3) is 0.565. The fourth-order valence-electron chi connectivity index (χ4n) is 4.63. The number of aryl methyl sites for hydroxylation is 1. The maximum absolute atomic E-state index is 13.7. The van der Waals surface area contributed by atoms with Crippen molar-refractivity contribution in [3.8, 4) is 5.75 Å². The van der Waals surface area contributed by atoms with Crippen LogP contribution < -0.4 is 4.74 Å². The van der Waals surface area contributed by atoms with Gasteiger partial charge in [0.15, 0.2) is 0 Å². The Morgan fingerprint density at radius 3 is 2.62 bits per heavy atom. The quantitative estimate of drug-likeness (QED) is 0.703. The third-order valence-electron chi connectivity index (χ3n) is 6.44. The van der Waals surface area contributed by atoms with Crippen molar-refractivity contribution in [2.75, 3.05) is 20.1 Å². The zero-order valence-corrected chi connectivity index (χ0v) is 19.6. The van der Waals surface area contributed by atoms with E-state index in [0.29, 0.717) is 37.4 Å². The molecule has 0 N–H and O–H groups in total. The summed E-state index contributed by atoms with van der Waals surface area (Å²) in [5.74, 6) is 0.461. The van der Waals surface area contributed by atoms with Crippen LogP contribution in [0.2, 0.25) is 0 Å². The Kier molecular flexibility index (Phi) is 6.85. The lowest BCUT2D eigenvalue weighted by Gasteiger charge is -2.39. The van der Waals surface area contributed by atoms with Gasteiger partial charge in [0.2, 0.25) is 10.0 Å². The van der Waals surface area contributed by atoms with E-state index in [-0.39, 0.29) is 22.9 Å². The number of benzene rings is 1. The van der Waals surface area contributed by atoms with Gasteiger partial charge >= 0.3 is 0 Å². The minimum absolute atomic E-state index is 0.0648. The zero-order valence-electron chi connectivity index (χ0n) is 18.8. The molecule has 9 heteroatoms. The molecular weight excluding hydrogens is 428 g/mol. The van der Waals surface area contributed by atoms with Gasteiger partial charge < -0.3 is 9.64 Å². The summed E-state index contributed by atoms with van der Waals surface area (Å²) in [6.07, 6.45) is 7.55. The Hall–Kier alpha value is -2.39. The molecule has 1 aliphatic carbocycles. The number of carbonyl (C=O) groups excluding carboxylic acids is 1. The first kappa shape index (κ1) is 22.8. The number of ether oxygens (including phenoxy) is 1. The van der Waals surface area contributed by atoms with Gasteiger partial charge in [0.05, 0.1) is 17.8 Å². The molecule has 2 aromatic rings. The molecule has 0 unspecified atom stereocenters. The van der Waals surface area contributed by atoms with Gasteiger partial charge in [-0.1, -0.05) is 18.6 Å². The van der Waals surface area contributed by atoms with Crippen LogP contribution in [0.3, 0.4) is 0 Å². The second-order valence-corrected chi connectivity index (χ2v) is 10.5. The van der Waals surface area contributed by atoms with Crippen LogP contribution in [0.4, 0.5) is 0 Å². The second kappa shape index (κ2) is 9.62. The van der Waals surface area contributed by atoms with E-state index >= 15 is 0 Å². The first-order valence-corrected chi connectivity index (χ1v) is 12.9. The summed E-state index contributed by atoms with van der Waals surface area (Å²) < 4.78 is 37.1. The Morgan fingerprint density at radius 2 is 1.84 bits per heavy atom. The highest BCUT2D eigenvalue weighted by molar-refractivity contribution is 7.89.